The third kappa shape index (κ3) is 17.6. The number of carbonyl (C=O) groups is 1. The molecule has 0 spiro atoms. The Morgan fingerprint density at radius 3 is 1.88 bits per heavy atom. The Bertz CT molecular complexity index is 275. The number of ketones is 1. The minimum atomic E-state index is -4.03. The van der Waals surface area contributed by atoms with Gasteiger partial charge in [0.05, 0.1) is 10.1 Å². The Balaban J connectivity index is 0. The zero-order valence-electron chi connectivity index (χ0n) is 10.2. The molecule has 0 amide bonds. The van der Waals surface area contributed by atoms with Gasteiger partial charge in [-0.25, -0.2) is 8.42 Å². The molecule has 0 N–H and O–H groups in total. The molecule has 0 aliphatic rings. The monoisotopic (exact) mass is 274 g/mol. The minimum Gasteiger partial charge on any atom is -0.748 e. The summed E-state index contributed by atoms with van der Waals surface area (Å²) in [6.45, 7) is 1.58. The van der Waals surface area contributed by atoms with Gasteiger partial charge >= 0.3 is 51.4 Å². The quantitative estimate of drug-likeness (QED) is 0.302. The van der Waals surface area contributed by atoms with Crippen molar-refractivity contribution < 1.29 is 69.1 Å². The van der Waals surface area contributed by atoms with Crippen LogP contribution in [0, 0.1) is 0 Å². The summed E-state index contributed by atoms with van der Waals surface area (Å²) in [5.41, 5.74) is 0. The van der Waals surface area contributed by atoms with Gasteiger partial charge in [-0.2, -0.15) is 0 Å². The maximum atomic E-state index is 10.6. The van der Waals surface area contributed by atoms with Crippen molar-refractivity contribution in [3.8, 4) is 0 Å². The van der Waals surface area contributed by atoms with Crippen molar-refractivity contribution in [2.75, 3.05) is 5.75 Å². The van der Waals surface area contributed by atoms with Crippen LogP contribution < -0.4 is 51.4 Å². The molecule has 0 aromatic heterocycles. The van der Waals surface area contributed by atoms with E-state index in [0.717, 1.165) is 32.1 Å². The van der Waals surface area contributed by atoms with E-state index in [1.165, 1.54) is 0 Å². The van der Waals surface area contributed by atoms with E-state index in [-0.39, 0.29) is 62.9 Å². The molecule has 90 valence electrons. The smallest absolute Gasteiger partial charge is 0.748 e. The molecule has 0 radical (unpaired) electrons. The van der Waals surface area contributed by atoms with E-state index in [9.17, 15) is 17.8 Å². The molecule has 0 saturated heterocycles. The number of Topliss-reactive ketones (excluding diaryl/α,β-unsaturated/α-hetero) is 1. The molecule has 0 aromatic carbocycles. The summed E-state index contributed by atoms with van der Waals surface area (Å²) in [6.07, 6.45) is 5.73. The molecule has 0 aliphatic heterocycles. The number of hydrogen-bond acceptors (Lipinski definition) is 4. The van der Waals surface area contributed by atoms with Gasteiger partial charge in [-0.15, -0.1) is 0 Å². The summed E-state index contributed by atoms with van der Waals surface area (Å²) in [5.74, 6) is -0.0343. The number of unbranched alkanes of at least 4 members (excludes halogenated alkanes) is 5. The van der Waals surface area contributed by atoms with E-state index < -0.39 is 10.1 Å². The van der Waals surface area contributed by atoms with Crippen LogP contribution in [0.5, 0.6) is 0 Å². The molecule has 0 unspecified atom stereocenters. The predicted octanol–water partition coefficient (Wildman–Crippen LogP) is -1.14. The summed E-state index contributed by atoms with van der Waals surface area (Å²) in [5, 5.41) is 0. The first-order chi connectivity index (χ1) is 6.92. The maximum Gasteiger partial charge on any atom is 1.00 e. The predicted molar refractivity (Wildman–Crippen MR) is 57.6 cm³/mol. The molecular formula is C10H19KO4S. The van der Waals surface area contributed by atoms with Crippen molar-refractivity contribution in [1.82, 2.24) is 0 Å². The van der Waals surface area contributed by atoms with E-state index in [1.54, 1.807) is 6.92 Å². The Morgan fingerprint density at radius 1 is 1.00 bits per heavy atom. The molecule has 16 heavy (non-hydrogen) atoms. The van der Waals surface area contributed by atoms with Crippen molar-refractivity contribution in [2.45, 2.75) is 51.9 Å². The van der Waals surface area contributed by atoms with E-state index >= 15 is 0 Å². The van der Waals surface area contributed by atoms with Crippen LogP contribution in [0.3, 0.4) is 0 Å². The van der Waals surface area contributed by atoms with Gasteiger partial charge in [0.2, 0.25) is 0 Å². The second kappa shape index (κ2) is 11.3. The van der Waals surface area contributed by atoms with E-state index in [1.807, 2.05) is 0 Å². The van der Waals surface area contributed by atoms with Gasteiger partial charge in [0.15, 0.2) is 0 Å². The van der Waals surface area contributed by atoms with Gasteiger partial charge in [0, 0.05) is 12.2 Å². The van der Waals surface area contributed by atoms with Crippen LogP contribution in [0.2, 0.25) is 0 Å². The van der Waals surface area contributed by atoms with Gasteiger partial charge in [0.25, 0.3) is 0 Å². The molecule has 0 bridgehead atoms. The molecular weight excluding hydrogens is 255 g/mol. The summed E-state index contributed by atoms with van der Waals surface area (Å²) < 4.78 is 30.7. The Labute approximate surface area is 141 Å². The van der Waals surface area contributed by atoms with Crippen LogP contribution >= 0.6 is 0 Å². The minimum absolute atomic E-state index is 0. The summed E-state index contributed by atoms with van der Waals surface area (Å²) in [6, 6.07) is 0. The molecule has 0 aliphatic carbocycles. The van der Waals surface area contributed by atoms with Crippen LogP contribution in [0.1, 0.15) is 51.9 Å². The van der Waals surface area contributed by atoms with Gasteiger partial charge in [0.1, 0.15) is 5.78 Å². The third-order valence-corrected chi connectivity index (χ3v) is 2.96. The van der Waals surface area contributed by atoms with Crippen LogP contribution in [-0.2, 0) is 14.9 Å². The van der Waals surface area contributed by atoms with Gasteiger partial charge in [-0.3, -0.25) is 0 Å². The topological polar surface area (TPSA) is 74.3 Å². The van der Waals surface area contributed by atoms with Crippen molar-refractivity contribution in [2.24, 2.45) is 0 Å². The fraction of sp³-hybridized carbons (Fsp3) is 0.900. The number of hydrogen-bond donors (Lipinski definition) is 0. The summed E-state index contributed by atoms with van der Waals surface area (Å²) >= 11 is 0. The number of rotatable bonds is 9. The first kappa shape index (κ1) is 19.6. The van der Waals surface area contributed by atoms with Crippen molar-refractivity contribution >= 4 is 15.9 Å². The molecule has 0 rings (SSSR count). The van der Waals surface area contributed by atoms with Crippen LogP contribution in [0.15, 0.2) is 0 Å². The third-order valence-electron chi connectivity index (χ3n) is 2.17. The van der Waals surface area contributed by atoms with Crippen molar-refractivity contribution in [3.05, 3.63) is 0 Å². The molecule has 6 heteroatoms. The first-order valence-corrected chi connectivity index (χ1v) is 6.92. The average molecular weight is 274 g/mol. The van der Waals surface area contributed by atoms with Crippen molar-refractivity contribution in [1.29, 1.82) is 0 Å². The van der Waals surface area contributed by atoms with E-state index in [0.29, 0.717) is 12.8 Å². The summed E-state index contributed by atoms with van der Waals surface area (Å²) in [7, 11) is -4.03. The maximum absolute atomic E-state index is 10.6. The Morgan fingerprint density at radius 2 is 1.44 bits per heavy atom. The second-order valence-electron chi connectivity index (χ2n) is 3.84. The van der Waals surface area contributed by atoms with Gasteiger partial charge in [-0.05, 0) is 19.8 Å². The Kier molecular flexibility index (Phi) is 13.8. The zero-order valence-corrected chi connectivity index (χ0v) is 14.1. The molecule has 0 saturated carbocycles. The largest absolute Gasteiger partial charge is 1.00 e. The fourth-order valence-corrected chi connectivity index (χ4v) is 1.92. The zero-order chi connectivity index (χ0) is 11.7. The summed E-state index contributed by atoms with van der Waals surface area (Å²) in [4.78, 5) is 10.6. The molecule has 0 aromatic rings. The van der Waals surface area contributed by atoms with Crippen LogP contribution in [0.25, 0.3) is 0 Å². The normalized spacial score (nSPS) is 10.9. The van der Waals surface area contributed by atoms with Gasteiger partial charge < -0.3 is 9.35 Å². The van der Waals surface area contributed by atoms with Crippen molar-refractivity contribution in [3.63, 3.8) is 0 Å². The second-order valence-corrected chi connectivity index (χ2v) is 5.36. The molecule has 4 nitrogen and oxygen atoms in total. The van der Waals surface area contributed by atoms with Crippen LogP contribution in [0.4, 0.5) is 0 Å². The average Bonchev–Trinajstić information content (AvgIpc) is 2.07. The first-order valence-electron chi connectivity index (χ1n) is 5.35. The molecule has 0 heterocycles. The van der Waals surface area contributed by atoms with Crippen LogP contribution in [-0.4, -0.2) is 24.5 Å². The number of carbonyl (C=O) groups excluding carboxylic acids is 1. The van der Waals surface area contributed by atoms with E-state index in [4.69, 9.17) is 0 Å². The standard InChI is InChI=1S/C10H20O4S.K/c1-10(11)8-6-4-2-3-5-7-9-15(12,13)14;/h2-9H2,1H3,(H,12,13,14);/q;+1/p-1. The molecule has 0 atom stereocenters. The van der Waals surface area contributed by atoms with E-state index in [2.05, 4.69) is 0 Å². The Hall–Kier alpha value is 1.22. The van der Waals surface area contributed by atoms with Gasteiger partial charge in [-0.1, -0.05) is 25.7 Å². The SMILES string of the molecule is CC(=O)CCCCCCCCS(=O)(=O)[O-].[K+]. The molecule has 0 fully saturated rings. The fourth-order valence-electron chi connectivity index (χ4n) is 1.36.